The smallest absolute Gasteiger partial charge is 0.359 e. The summed E-state index contributed by atoms with van der Waals surface area (Å²) in [6, 6.07) is 14.7. The lowest BCUT2D eigenvalue weighted by Gasteiger charge is -2.13. The molecule has 0 atom stereocenters. The molecule has 0 radical (unpaired) electrons. The molecule has 1 N–H and O–H groups in total. The average molecular weight is 392 g/mol. The maximum atomic E-state index is 12.8. The van der Waals surface area contributed by atoms with Gasteiger partial charge in [-0.3, -0.25) is 14.5 Å². The van der Waals surface area contributed by atoms with E-state index in [0.29, 0.717) is 23.0 Å². The number of fused-ring (bicyclic) bond motifs is 1. The summed E-state index contributed by atoms with van der Waals surface area (Å²) >= 11 is 0. The lowest BCUT2D eigenvalue weighted by atomic mass is 10.1. The molecule has 2 heterocycles. The van der Waals surface area contributed by atoms with E-state index in [-0.39, 0.29) is 17.8 Å². The van der Waals surface area contributed by atoms with E-state index in [1.165, 1.54) is 0 Å². The standard InChI is InChI=1S/C20H16N4O5/c25-16(23-11-10-21-20(23)28)12-29-19(27)17-14-8-4-5-9-15(14)18(26)24(22-17)13-6-2-1-3-7-13/h1-9H,10-12H2,(H,21,28). The van der Waals surface area contributed by atoms with E-state index in [9.17, 15) is 19.2 Å². The van der Waals surface area contributed by atoms with Crippen molar-refractivity contribution in [1.29, 1.82) is 0 Å². The Hall–Kier alpha value is -4.01. The van der Waals surface area contributed by atoms with Gasteiger partial charge in [-0.1, -0.05) is 36.4 Å². The van der Waals surface area contributed by atoms with Gasteiger partial charge in [-0.15, -0.1) is 0 Å². The van der Waals surface area contributed by atoms with E-state index in [2.05, 4.69) is 10.4 Å². The fourth-order valence-corrected chi connectivity index (χ4v) is 3.07. The number of hydrogen-bond acceptors (Lipinski definition) is 6. The summed E-state index contributed by atoms with van der Waals surface area (Å²) in [5.41, 5.74) is 0.0120. The lowest BCUT2D eigenvalue weighted by molar-refractivity contribution is -0.130. The van der Waals surface area contributed by atoms with Gasteiger partial charge in [0.1, 0.15) is 0 Å². The highest BCUT2D eigenvalue weighted by Crippen LogP contribution is 2.16. The van der Waals surface area contributed by atoms with Crippen LogP contribution in [-0.4, -0.2) is 52.3 Å². The van der Waals surface area contributed by atoms with E-state index in [4.69, 9.17) is 4.74 Å². The van der Waals surface area contributed by atoms with Gasteiger partial charge < -0.3 is 10.1 Å². The van der Waals surface area contributed by atoms with Crippen molar-refractivity contribution < 1.29 is 19.1 Å². The second kappa shape index (κ2) is 7.55. The normalized spacial score (nSPS) is 13.4. The average Bonchev–Trinajstić information content (AvgIpc) is 3.19. The van der Waals surface area contributed by atoms with Crippen LogP contribution in [-0.2, 0) is 9.53 Å². The molecule has 0 aliphatic carbocycles. The number of carbonyl (C=O) groups excluding carboxylic acids is 3. The monoisotopic (exact) mass is 392 g/mol. The van der Waals surface area contributed by atoms with Crippen molar-refractivity contribution in [3.8, 4) is 5.69 Å². The molecule has 0 spiro atoms. The van der Waals surface area contributed by atoms with Gasteiger partial charge in [-0.25, -0.2) is 9.59 Å². The molecule has 1 saturated heterocycles. The number of aromatic nitrogens is 2. The van der Waals surface area contributed by atoms with Crippen molar-refractivity contribution >= 4 is 28.7 Å². The van der Waals surface area contributed by atoms with Crippen LogP contribution in [0.3, 0.4) is 0 Å². The summed E-state index contributed by atoms with van der Waals surface area (Å²) < 4.78 is 6.22. The van der Waals surface area contributed by atoms with Crippen LogP contribution in [0.1, 0.15) is 10.5 Å². The highest BCUT2D eigenvalue weighted by atomic mass is 16.5. The zero-order valence-corrected chi connectivity index (χ0v) is 15.2. The first-order valence-corrected chi connectivity index (χ1v) is 8.89. The van der Waals surface area contributed by atoms with Crippen molar-refractivity contribution in [2.24, 2.45) is 0 Å². The fourth-order valence-electron chi connectivity index (χ4n) is 3.07. The third kappa shape index (κ3) is 3.45. The quantitative estimate of drug-likeness (QED) is 0.666. The van der Waals surface area contributed by atoms with Crippen LogP contribution in [0.5, 0.6) is 0 Å². The molecule has 1 fully saturated rings. The highest BCUT2D eigenvalue weighted by Gasteiger charge is 2.27. The first-order valence-electron chi connectivity index (χ1n) is 8.89. The maximum Gasteiger partial charge on any atom is 0.359 e. The van der Waals surface area contributed by atoms with Crippen LogP contribution < -0.4 is 10.9 Å². The number of carbonyl (C=O) groups is 3. The van der Waals surface area contributed by atoms with Crippen LogP contribution in [0, 0.1) is 0 Å². The summed E-state index contributed by atoms with van der Waals surface area (Å²) in [5, 5.41) is 7.30. The third-order valence-electron chi connectivity index (χ3n) is 4.48. The van der Waals surface area contributed by atoms with Gasteiger partial charge in [-0.05, 0) is 18.2 Å². The molecule has 4 rings (SSSR count). The largest absolute Gasteiger partial charge is 0.451 e. The second-order valence-corrected chi connectivity index (χ2v) is 6.30. The Morgan fingerprint density at radius 1 is 1.00 bits per heavy atom. The molecule has 9 nitrogen and oxygen atoms in total. The fraction of sp³-hybridized carbons (Fsp3) is 0.150. The van der Waals surface area contributed by atoms with Gasteiger partial charge in [0.25, 0.3) is 11.5 Å². The molecule has 3 aromatic rings. The lowest BCUT2D eigenvalue weighted by Crippen LogP contribution is -2.37. The van der Waals surface area contributed by atoms with Gasteiger partial charge in [0.15, 0.2) is 12.3 Å². The number of amides is 3. The minimum atomic E-state index is -0.862. The molecule has 9 heteroatoms. The molecular formula is C20H16N4O5. The van der Waals surface area contributed by atoms with Crippen LogP contribution in [0.2, 0.25) is 0 Å². The van der Waals surface area contributed by atoms with E-state index >= 15 is 0 Å². The van der Waals surface area contributed by atoms with Gasteiger partial charge in [0, 0.05) is 18.5 Å². The van der Waals surface area contributed by atoms with Crippen LogP contribution in [0.4, 0.5) is 4.79 Å². The minimum Gasteiger partial charge on any atom is -0.451 e. The Morgan fingerprint density at radius 2 is 1.69 bits per heavy atom. The molecule has 0 bridgehead atoms. The van der Waals surface area contributed by atoms with Crippen molar-refractivity contribution in [3.63, 3.8) is 0 Å². The molecule has 1 aliphatic heterocycles. The molecule has 29 heavy (non-hydrogen) atoms. The van der Waals surface area contributed by atoms with E-state index in [1.807, 2.05) is 0 Å². The number of urea groups is 1. The molecule has 1 aliphatic rings. The van der Waals surface area contributed by atoms with E-state index < -0.39 is 24.5 Å². The Labute approximate surface area is 164 Å². The zero-order valence-electron chi connectivity index (χ0n) is 15.2. The summed E-state index contributed by atoms with van der Waals surface area (Å²) in [6.45, 7) is -0.0330. The first-order chi connectivity index (χ1) is 14.1. The van der Waals surface area contributed by atoms with Crippen LogP contribution >= 0.6 is 0 Å². The summed E-state index contributed by atoms with van der Waals surface area (Å²) in [7, 11) is 0. The molecule has 1 aromatic heterocycles. The Morgan fingerprint density at radius 3 is 2.38 bits per heavy atom. The number of esters is 1. The number of para-hydroxylation sites is 1. The Bertz CT molecular complexity index is 1170. The zero-order chi connectivity index (χ0) is 20.4. The Balaban J connectivity index is 1.68. The molecule has 3 amide bonds. The summed E-state index contributed by atoms with van der Waals surface area (Å²) in [4.78, 5) is 50.1. The number of benzene rings is 2. The van der Waals surface area contributed by atoms with Crippen molar-refractivity contribution in [2.75, 3.05) is 19.7 Å². The van der Waals surface area contributed by atoms with Crippen LogP contribution in [0.25, 0.3) is 16.5 Å². The van der Waals surface area contributed by atoms with Crippen LogP contribution in [0.15, 0.2) is 59.4 Å². The SMILES string of the molecule is O=C(OCC(=O)N1CCNC1=O)c1nn(-c2ccccc2)c(=O)c2ccccc12. The highest BCUT2D eigenvalue weighted by molar-refractivity contribution is 6.03. The predicted molar refractivity (Wildman–Crippen MR) is 103 cm³/mol. The first kappa shape index (κ1) is 18.4. The minimum absolute atomic E-state index is 0.0947. The van der Waals surface area contributed by atoms with Crippen molar-refractivity contribution in [3.05, 3.63) is 70.6 Å². The number of hydrogen-bond donors (Lipinski definition) is 1. The topological polar surface area (TPSA) is 111 Å². The molecule has 146 valence electrons. The molecule has 0 unspecified atom stereocenters. The maximum absolute atomic E-state index is 12.8. The second-order valence-electron chi connectivity index (χ2n) is 6.30. The summed E-state index contributed by atoms with van der Waals surface area (Å²) in [5.74, 6) is -1.49. The number of imide groups is 1. The molecular weight excluding hydrogens is 376 g/mol. The van der Waals surface area contributed by atoms with Gasteiger partial charge in [-0.2, -0.15) is 9.78 Å². The van der Waals surface area contributed by atoms with Crippen molar-refractivity contribution in [1.82, 2.24) is 20.0 Å². The number of ether oxygens (including phenoxy) is 1. The van der Waals surface area contributed by atoms with Gasteiger partial charge in [0.2, 0.25) is 0 Å². The van der Waals surface area contributed by atoms with Crippen molar-refractivity contribution in [2.45, 2.75) is 0 Å². The number of nitrogens with one attached hydrogen (secondary N) is 1. The molecule has 2 aromatic carbocycles. The van der Waals surface area contributed by atoms with E-state index in [1.54, 1.807) is 54.6 Å². The van der Waals surface area contributed by atoms with E-state index in [0.717, 1.165) is 9.58 Å². The predicted octanol–water partition coefficient (Wildman–Crippen LogP) is 1.09. The van der Waals surface area contributed by atoms with Gasteiger partial charge in [0.05, 0.1) is 11.1 Å². The number of rotatable bonds is 4. The third-order valence-corrected chi connectivity index (χ3v) is 4.48. The Kier molecular flexibility index (Phi) is 4.78. The summed E-state index contributed by atoms with van der Waals surface area (Å²) in [6.07, 6.45) is 0. The molecule has 0 saturated carbocycles. The van der Waals surface area contributed by atoms with Gasteiger partial charge >= 0.3 is 12.0 Å². The number of nitrogens with zero attached hydrogens (tertiary/aromatic N) is 3.